The molecule has 0 fully saturated rings. The van der Waals surface area contributed by atoms with Crippen LogP contribution in [0, 0.1) is 0 Å². The van der Waals surface area contributed by atoms with Gasteiger partial charge in [0.1, 0.15) is 5.75 Å². The summed E-state index contributed by atoms with van der Waals surface area (Å²) in [6, 6.07) is 11.8. The molecule has 126 valence electrons. The number of methoxy groups -OCH3 is 2. The zero-order valence-electron chi connectivity index (χ0n) is 13.8. The molecule has 0 saturated carbocycles. The van der Waals surface area contributed by atoms with Crippen molar-refractivity contribution in [1.82, 2.24) is 0 Å². The van der Waals surface area contributed by atoms with Gasteiger partial charge in [-0.05, 0) is 31.2 Å². The number of ketones is 1. The molecule has 0 radical (unpaired) electrons. The first-order chi connectivity index (χ1) is 11.5. The van der Waals surface area contributed by atoms with E-state index in [9.17, 15) is 9.59 Å². The van der Waals surface area contributed by atoms with Crippen LogP contribution in [0.15, 0.2) is 42.5 Å². The number of rotatable bonds is 7. The van der Waals surface area contributed by atoms with E-state index in [1.54, 1.807) is 49.6 Å². The van der Waals surface area contributed by atoms with Gasteiger partial charge in [0.15, 0.2) is 23.9 Å². The Morgan fingerprint density at radius 3 is 2.42 bits per heavy atom. The van der Waals surface area contributed by atoms with Crippen molar-refractivity contribution < 1.29 is 23.8 Å². The smallest absolute Gasteiger partial charge is 0.262 e. The summed E-state index contributed by atoms with van der Waals surface area (Å²) in [5, 5.41) is 2.71. The van der Waals surface area contributed by atoms with Gasteiger partial charge in [-0.3, -0.25) is 9.59 Å². The third kappa shape index (κ3) is 4.49. The molecule has 2 rings (SSSR count). The molecule has 0 bridgehead atoms. The Balaban J connectivity index is 1.96. The summed E-state index contributed by atoms with van der Waals surface area (Å²) in [7, 11) is 3.06. The van der Waals surface area contributed by atoms with Crippen LogP contribution in [0.2, 0.25) is 0 Å². The fourth-order valence-corrected chi connectivity index (χ4v) is 2.06. The van der Waals surface area contributed by atoms with Crippen molar-refractivity contribution in [3.8, 4) is 17.2 Å². The first kappa shape index (κ1) is 17.3. The quantitative estimate of drug-likeness (QED) is 0.791. The summed E-state index contributed by atoms with van der Waals surface area (Å²) < 4.78 is 15.7. The molecule has 0 aliphatic rings. The van der Waals surface area contributed by atoms with E-state index in [-0.39, 0.29) is 18.3 Å². The second-order valence-corrected chi connectivity index (χ2v) is 4.99. The van der Waals surface area contributed by atoms with E-state index < -0.39 is 0 Å². The fraction of sp³-hybridized carbons (Fsp3) is 0.222. The summed E-state index contributed by atoms with van der Waals surface area (Å²) in [5.74, 6) is 1.18. The summed E-state index contributed by atoms with van der Waals surface area (Å²) >= 11 is 0. The molecule has 0 heterocycles. The molecule has 0 unspecified atom stereocenters. The lowest BCUT2D eigenvalue weighted by atomic mass is 10.1. The van der Waals surface area contributed by atoms with E-state index in [2.05, 4.69) is 5.32 Å². The average Bonchev–Trinajstić information content (AvgIpc) is 2.60. The minimum Gasteiger partial charge on any atom is -0.493 e. The van der Waals surface area contributed by atoms with E-state index in [0.29, 0.717) is 28.5 Å². The molecule has 2 aromatic rings. The van der Waals surface area contributed by atoms with Crippen molar-refractivity contribution in [2.24, 2.45) is 0 Å². The van der Waals surface area contributed by atoms with Crippen LogP contribution in [0.5, 0.6) is 17.2 Å². The molecule has 0 aliphatic carbocycles. The maximum absolute atomic E-state index is 12.0. The second kappa shape index (κ2) is 8.01. The van der Waals surface area contributed by atoms with Crippen LogP contribution < -0.4 is 19.5 Å². The number of benzene rings is 2. The molecular weight excluding hydrogens is 310 g/mol. The molecule has 0 saturated heterocycles. The van der Waals surface area contributed by atoms with Gasteiger partial charge in [-0.1, -0.05) is 12.1 Å². The normalized spacial score (nSPS) is 9.96. The minimum atomic E-state index is -0.324. The number of hydrogen-bond donors (Lipinski definition) is 1. The highest BCUT2D eigenvalue weighted by atomic mass is 16.5. The Labute approximate surface area is 140 Å². The molecule has 0 atom stereocenters. The second-order valence-electron chi connectivity index (χ2n) is 4.99. The van der Waals surface area contributed by atoms with Gasteiger partial charge in [-0.15, -0.1) is 0 Å². The van der Waals surface area contributed by atoms with Crippen LogP contribution in [0.4, 0.5) is 5.69 Å². The molecule has 1 N–H and O–H groups in total. The van der Waals surface area contributed by atoms with Gasteiger partial charge in [0, 0.05) is 17.3 Å². The highest BCUT2D eigenvalue weighted by Crippen LogP contribution is 2.29. The number of carbonyl (C=O) groups excluding carboxylic acids is 2. The molecular formula is C18H19NO5. The number of carbonyl (C=O) groups is 2. The van der Waals surface area contributed by atoms with Crippen LogP contribution in [0.25, 0.3) is 0 Å². The first-order valence-corrected chi connectivity index (χ1v) is 7.29. The third-order valence-corrected chi connectivity index (χ3v) is 3.28. The number of Topliss-reactive ketones (excluding diaryl/α,β-unsaturated/α-hetero) is 1. The van der Waals surface area contributed by atoms with Gasteiger partial charge in [-0.25, -0.2) is 0 Å². The van der Waals surface area contributed by atoms with Crippen LogP contribution in [-0.4, -0.2) is 32.5 Å². The van der Waals surface area contributed by atoms with Crippen molar-refractivity contribution in [3.05, 3.63) is 48.0 Å². The summed E-state index contributed by atoms with van der Waals surface area (Å²) in [6.07, 6.45) is 0. The summed E-state index contributed by atoms with van der Waals surface area (Å²) in [6.45, 7) is 1.30. The van der Waals surface area contributed by atoms with E-state index in [1.165, 1.54) is 14.0 Å². The first-order valence-electron chi connectivity index (χ1n) is 7.29. The number of amides is 1. The standard InChI is InChI=1S/C18H19NO5/c1-12(20)13-5-4-6-15(9-13)24-11-18(21)19-14-7-8-16(22-2)17(10-14)23-3/h4-10H,11H2,1-3H3,(H,19,21). The third-order valence-electron chi connectivity index (χ3n) is 3.28. The van der Waals surface area contributed by atoms with Crippen molar-refractivity contribution in [3.63, 3.8) is 0 Å². The van der Waals surface area contributed by atoms with Crippen molar-refractivity contribution >= 4 is 17.4 Å². The Morgan fingerprint density at radius 2 is 1.75 bits per heavy atom. The topological polar surface area (TPSA) is 73.9 Å². The molecule has 1 amide bonds. The van der Waals surface area contributed by atoms with Gasteiger partial charge < -0.3 is 19.5 Å². The van der Waals surface area contributed by atoms with E-state index in [4.69, 9.17) is 14.2 Å². The highest BCUT2D eigenvalue weighted by Gasteiger charge is 2.09. The Bertz CT molecular complexity index is 742. The molecule has 2 aromatic carbocycles. The summed E-state index contributed by atoms with van der Waals surface area (Å²) in [5.41, 5.74) is 1.10. The lowest BCUT2D eigenvalue weighted by Crippen LogP contribution is -2.20. The van der Waals surface area contributed by atoms with Gasteiger partial charge in [0.2, 0.25) is 0 Å². The summed E-state index contributed by atoms with van der Waals surface area (Å²) in [4.78, 5) is 23.3. The van der Waals surface area contributed by atoms with Crippen LogP contribution >= 0.6 is 0 Å². The largest absolute Gasteiger partial charge is 0.493 e. The average molecular weight is 329 g/mol. The van der Waals surface area contributed by atoms with Crippen molar-refractivity contribution in [1.29, 1.82) is 0 Å². The Kier molecular flexibility index (Phi) is 5.78. The van der Waals surface area contributed by atoms with Crippen LogP contribution in [0.3, 0.4) is 0 Å². The number of ether oxygens (including phenoxy) is 3. The predicted octanol–water partition coefficient (Wildman–Crippen LogP) is 2.92. The van der Waals surface area contributed by atoms with Crippen molar-refractivity contribution in [2.75, 3.05) is 26.1 Å². The van der Waals surface area contributed by atoms with Gasteiger partial charge in [0.05, 0.1) is 14.2 Å². The number of anilines is 1. The fourth-order valence-electron chi connectivity index (χ4n) is 2.06. The molecule has 0 aliphatic heterocycles. The van der Waals surface area contributed by atoms with E-state index >= 15 is 0 Å². The number of nitrogens with one attached hydrogen (secondary N) is 1. The molecule has 24 heavy (non-hydrogen) atoms. The Hall–Kier alpha value is -3.02. The molecule has 0 aromatic heterocycles. The van der Waals surface area contributed by atoms with E-state index in [0.717, 1.165) is 0 Å². The van der Waals surface area contributed by atoms with E-state index in [1.807, 2.05) is 0 Å². The van der Waals surface area contributed by atoms with Crippen LogP contribution in [0.1, 0.15) is 17.3 Å². The maximum Gasteiger partial charge on any atom is 0.262 e. The van der Waals surface area contributed by atoms with Gasteiger partial charge in [-0.2, -0.15) is 0 Å². The highest BCUT2D eigenvalue weighted by molar-refractivity contribution is 5.94. The predicted molar refractivity (Wildman–Crippen MR) is 90.1 cm³/mol. The van der Waals surface area contributed by atoms with Gasteiger partial charge in [0.25, 0.3) is 5.91 Å². The molecule has 0 spiro atoms. The Morgan fingerprint density at radius 1 is 1.00 bits per heavy atom. The number of hydrogen-bond acceptors (Lipinski definition) is 5. The minimum absolute atomic E-state index is 0.0600. The van der Waals surface area contributed by atoms with Gasteiger partial charge >= 0.3 is 0 Å². The zero-order chi connectivity index (χ0) is 17.5. The lowest BCUT2D eigenvalue weighted by molar-refractivity contribution is -0.118. The SMILES string of the molecule is COc1ccc(NC(=O)COc2cccc(C(C)=O)c2)cc1OC. The van der Waals surface area contributed by atoms with Crippen LogP contribution in [-0.2, 0) is 4.79 Å². The lowest BCUT2D eigenvalue weighted by Gasteiger charge is -2.11. The zero-order valence-corrected chi connectivity index (χ0v) is 13.8. The maximum atomic E-state index is 12.0. The monoisotopic (exact) mass is 329 g/mol. The molecule has 6 heteroatoms. The van der Waals surface area contributed by atoms with Crippen molar-refractivity contribution in [2.45, 2.75) is 6.92 Å². The molecule has 6 nitrogen and oxygen atoms in total.